The van der Waals surface area contributed by atoms with Gasteiger partial charge in [0, 0.05) is 9.77 Å². The molecule has 2 heterocycles. The number of hydrogen-bond donors (Lipinski definition) is 2. The van der Waals surface area contributed by atoms with E-state index in [1.807, 2.05) is 19.9 Å². The monoisotopic (exact) mass is 318 g/mol. The molecule has 0 aliphatic rings. The van der Waals surface area contributed by atoms with Crippen LogP contribution in [-0.2, 0) is 5.75 Å². The molecule has 0 atom stereocenters. The summed E-state index contributed by atoms with van der Waals surface area (Å²) in [5, 5.41) is 10.1. The molecule has 2 aromatic heterocycles. The first kappa shape index (κ1) is 14.2. The molecule has 0 bridgehead atoms. The van der Waals surface area contributed by atoms with Gasteiger partial charge in [-0.1, -0.05) is 6.07 Å². The average Bonchev–Trinajstić information content (AvgIpc) is 2.72. The van der Waals surface area contributed by atoms with Gasteiger partial charge >= 0.3 is 0 Å². The minimum absolute atomic E-state index is 0.0756. The lowest BCUT2D eigenvalue weighted by molar-refractivity contribution is 0.474. The number of aromatic nitrogens is 2. The summed E-state index contributed by atoms with van der Waals surface area (Å²) in [6.07, 6.45) is 0. The van der Waals surface area contributed by atoms with Gasteiger partial charge in [-0.25, -0.2) is 4.98 Å². The topological polar surface area (TPSA) is 66.0 Å². The van der Waals surface area contributed by atoms with Crippen molar-refractivity contribution in [2.24, 2.45) is 0 Å². The molecular weight excluding hydrogens is 304 g/mol. The number of H-pyrrole nitrogens is 1. The Morgan fingerprint density at radius 2 is 2.19 bits per heavy atom. The molecule has 0 fully saturated rings. The number of fused-ring (bicyclic) bond motifs is 1. The van der Waals surface area contributed by atoms with E-state index in [0.29, 0.717) is 17.0 Å². The van der Waals surface area contributed by atoms with E-state index >= 15 is 0 Å². The fraction of sp³-hybridized carbons (Fsp3) is 0.200. The summed E-state index contributed by atoms with van der Waals surface area (Å²) in [6, 6.07) is 7.04. The standard InChI is InChI=1S/C15H14N2O2S2/c1-8-9(2)21-15-13(8)14(19)16-12(17-15)7-20-11-5-3-4-10(18)6-11/h3-6,18H,7H2,1-2H3,(H,16,17,19). The first-order valence-corrected chi connectivity index (χ1v) is 8.25. The van der Waals surface area contributed by atoms with Gasteiger partial charge in [0.25, 0.3) is 5.56 Å². The predicted molar refractivity (Wildman–Crippen MR) is 87.4 cm³/mol. The lowest BCUT2D eigenvalue weighted by Gasteiger charge is -2.02. The second-order valence-corrected chi connectivity index (χ2v) is 7.01. The second-order valence-electron chi connectivity index (χ2n) is 4.76. The van der Waals surface area contributed by atoms with Crippen LogP contribution in [-0.4, -0.2) is 15.1 Å². The quantitative estimate of drug-likeness (QED) is 0.724. The van der Waals surface area contributed by atoms with Gasteiger partial charge in [0.2, 0.25) is 0 Å². The molecular formula is C15H14N2O2S2. The molecule has 0 saturated carbocycles. The summed E-state index contributed by atoms with van der Waals surface area (Å²) in [7, 11) is 0. The molecule has 21 heavy (non-hydrogen) atoms. The van der Waals surface area contributed by atoms with E-state index in [2.05, 4.69) is 9.97 Å². The SMILES string of the molecule is Cc1sc2nc(CSc3cccc(O)c3)[nH]c(=O)c2c1C. The normalized spacial score (nSPS) is 11.1. The van der Waals surface area contributed by atoms with E-state index in [1.54, 1.807) is 29.5 Å². The van der Waals surface area contributed by atoms with Crippen molar-refractivity contribution in [1.82, 2.24) is 9.97 Å². The molecule has 3 rings (SSSR count). The van der Waals surface area contributed by atoms with Gasteiger partial charge in [0.05, 0.1) is 11.1 Å². The van der Waals surface area contributed by atoms with Crippen molar-refractivity contribution in [2.45, 2.75) is 24.5 Å². The summed E-state index contributed by atoms with van der Waals surface area (Å²) >= 11 is 3.08. The molecule has 108 valence electrons. The van der Waals surface area contributed by atoms with E-state index in [-0.39, 0.29) is 11.3 Å². The van der Waals surface area contributed by atoms with Crippen molar-refractivity contribution >= 4 is 33.3 Å². The van der Waals surface area contributed by atoms with Crippen molar-refractivity contribution in [3.63, 3.8) is 0 Å². The number of phenols is 1. The first-order valence-electron chi connectivity index (χ1n) is 6.45. The number of nitrogens with zero attached hydrogens (tertiary/aromatic N) is 1. The van der Waals surface area contributed by atoms with Crippen LogP contribution in [0.1, 0.15) is 16.3 Å². The number of rotatable bonds is 3. The zero-order chi connectivity index (χ0) is 15.0. The number of aromatic hydroxyl groups is 1. The highest BCUT2D eigenvalue weighted by Gasteiger charge is 2.11. The van der Waals surface area contributed by atoms with E-state index in [1.165, 1.54) is 11.8 Å². The molecule has 0 aliphatic heterocycles. The number of aromatic amines is 1. The highest BCUT2D eigenvalue weighted by Crippen LogP contribution is 2.28. The molecule has 0 radical (unpaired) electrons. The number of thiophene rings is 1. The van der Waals surface area contributed by atoms with Crippen molar-refractivity contribution in [3.8, 4) is 5.75 Å². The molecule has 1 aromatic carbocycles. The number of phenolic OH excluding ortho intramolecular Hbond substituents is 1. The Labute approximate surface area is 129 Å². The van der Waals surface area contributed by atoms with Crippen LogP contribution in [0.5, 0.6) is 5.75 Å². The number of aryl methyl sites for hydroxylation is 2. The highest BCUT2D eigenvalue weighted by molar-refractivity contribution is 7.98. The van der Waals surface area contributed by atoms with Crippen molar-refractivity contribution in [2.75, 3.05) is 0 Å². The third-order valence-electron chi connectivity index (χ3n) is 3.28. The summed E-state index contributed by atoms with van der Waals surface area (Å²) in [4.78, 5) is 22.4. The zero-order valence-corrected chi connectivity index (χ0v) is 13.3. The molecule has 2 N–H and O–H groups in total. The Morgan fingerprint density at radius 3 is 2.95 bits per heavy atom. The van der Waals surface area contributed by atoms with E-state index in [4.69, 9.17) is 0 Å². The summed E-state index contributed by atoms with van der Waals surface area (Å²) in [5.74, 6) is 1.45. The molecule has 6 heteroatoms. The van der Waals surface area contributed by atoms with Gasteiger partial charge in [0.15, 0.2) is 0 Å². The molecule has 3 aromatic rings. The number of thioether (sulfide) groups is 1. The smallest absolute Gasteiger partial charge is 0.259 e. The Hall–Kier alpha value is -1.79. The number of hydrogen-bond acceptors (Lipinski definition) is 5. The van der Waals surface area contributed by atoms with E-state index < -0.39 is 0 Å². The molecule has 0 unspecified atom stereocenters. The largest absolute Gasteiger partial charge is 0.508 e. The van der Waals surface area contributed by atoms with Gasteiger partial charge in [-0.15, -0.1) is 23.1 Å². The lowest BCUT2D eigenvalue weighted by atomic mass is 10.2. The maximum Gasteiger partial charge on any atom is 0.259 e. The minimum Gasteiger partial charge on any atom is -0.508 e. The predicted octanol–water partition coefficient (Wildman–Crippen LogP) is 3.60. The Bertz CT molecular complexity index is 868. The lowest BCUT2D eigenvalue weighted by Crippen LogP contribution is -2.10. The molecule has 0 spiro atoms. The number of benzene rings is 1. The minimum atomic E-state index is -0.0756. The Kier molecular flexibility index (Phi) is 3.73. The van der Waals surface area contributed by atoms with Crippen LogP contribution < -0.4 is 5.56 Å². The van der Waals surface area contributed by atoms with Crippen LogP contribution in [0.3, 0.4) is 0 Å². The van der Waals surface area contributed by atoms with Crippen molar-refractivity contribution in [3.05, 3.63) is 50.9 Å². The fourth-order valence-electron chi connectivity index (χ4n) is 2.09. The summed E-state index contributed by atoms with van der Waals surface area (Å²) in [5.41, 5.74) is 0.935. The van der Waals surface area contributed by atoms with Crippen LogP contribution in [0.4, 0.5) is 0 Å². The van der Waals surface area contributed by atoms with Crippen LogP contribution in [0, 0.1) is 13.8 Å². The van der Waals surface area contributed by atoms with E-state index in [9.17, 15) is 9.90 Å². The Morgan fingerprint density at radius 1 is 1.38 bits per heavy atom. The van der Waals surface area contributed by atoms with Gasteiger partial charge in [0.1, 0.15) is 16.4 Å². The van der Waals surface area contributed by atoms with Crippen molar-refractivity contribution in [1.29, 1.82) is 0 Å². The fourth-order valence-corrected chi connectivity index (χ4v) is 3.96. The van der Waals surface area contributed by atoms with E-state index in [0.717, 1.165) is 20.2 Å². The maximum atomic E-state index is 12.2. The third kappa shape index (κ3) is 2.82. The van der Waals surface area contributed by atoms with Gasteiger partial charge in [-0.05, 0) is 37.6 Å². The molecule has 0 amide bonds. The average molecular weight is 318 g/mol. The second kappa shape index (κ2) is 5.54. The van der Waals surface area contributed by atoms with Crippen LogP contribution in [0.2, 0.25) is 0 Å². The molecule has 0 saturated heterocycles. The van der Waals surface area contributed by atoms with Gasteiger partial charge in [-0.2, -0.15) is 0 Å². The summed E-state index contributed by atoms with van der Waals surface area (Å²) in [6.45, 7) is 3.95. The molecule has 0 aliphatic carbocycles. The van der Waals surface area contributed by atoms with Gasteiger partial charge < -0.3 is 10.1 Å². The maximum absolute atomic E-state index is 12.2. The highest BCUT2D eigenvalue weighted by atomic mass is 32.2. The van der Waals surface area contributed by atoms with Gasteiger partial charge in [-0.3, -0.25) is 4.79 Å². The Balaban J connectivity index is 1.90. The number of nitrogens with one attached hydrogen (secondary N) is 1. The zero-order valence-electron chi connectivity index (χ0n) is 11.6. The van der Waals surface area contributed by atoms with Crippen LogP contribution in [0.15, 0.2) is 34.0 Å². The molecule has 4 nitrogen and oxygen atoms in total. The third-order valence-corrected chi connectivity index (χ3v) is 5.39. The first-order chi connectivity index (χ1) is 10.0. The van der Waals surface area contributed by atoms with Crippen LogP contribution >= 0.6 is 23.1 Å². The summed E-state index contributed by atoms with van der Waals surface area (Å²) < 4.78 is 0. The van der Waals surface area contributed by atoms with Crippen LogP contribution in [0.25, 0.3) is 10.2 Å². The van der Waals surface area contributed by atoms with Crippen molar-refractivity contribution < 1.29 is 5.11 Å².